The highest BCUT2D eigenvalue weighted by Gasteiger charge is 2.28. The monoisotopic (exact) mass is 456 g/mol. The van der Waals surface area contributed by atoms with Crippen molar-refractivity contribution in [1.82, 2.24) is 9.13 Å². The standard InChI is InChI=1S/C26H30F2N2O3/c1-4-6-11-22-23(24(27)28)30(17(3)5-2)26(33)29(22)16-18-12-14-19(15-13-18)20-9-7-8-10-21(20)25(31)32/h7-10,12-15,17,24H,4-6,11,16H2,1-3H3,(H,31,32). The molecule has 2 aromatic carbocycles. The van der Waals surface area contributed by atoms with Crippen molar-refractivity contribution in [2.75, 3.05) is 0 Å². The van der Waals surface area contributed by atoms with E-state index < -0.39 is 18.1 Å². The van der Waals surface area contributed by atoms with E-state index in [0.717, 1.165) is 17.5 Å². The first-order valence-electron chi connectivity index (χ1n) is 11.3. The van der Waals surface area contributed by atoms with Gasteiger partial charge in [-0.1, -0.05) is 62.7 Å². The number of hydrogen-bond donors (Lipinski definition) is 1. The number of aromatic carboxylic acids is 1. The zero-order valence-corrected chi connectivity index (χ0v) is 19.2. The highest BCUT2D eigenvalue weighted by molar-refractivity contribution is 5.95. The SMILES string of the molecule is CCCCc1c(C(F)F)n(C(C)CC)c(=O)n1Cc1ccc(-c2ccccc2C(=O)O)cc1. The molecule has 0 spiro atoms. The lowest BCUT2D eigenvalue weighted by Crippen LogP contribution is -2.28. The normalized spacial score (nSPS) is 12.3. The second-order valence-corrected chi connectivity index (χ2v) is 8.28. The van der Waals surface area contributed by atoms with Gasteiger partial charge in [0.25, 0.3) is 6.43 Å². The summed E-state index contributed by atoms with van der Waals surface area (Å²) in [5.74, 6) is -1.01. The molecular formula is C26H30F2N2O3. The fraction of sp³-hybridized carbons (Fsp3) is 0.385. The van der Waals surface area contributed by atoms with Crippen molar-refractivity contribution in [2.45, 2.75) is 65.5 Å². The number of halogens is 2. The summed E-state index contributed by atoms with van der Waals surface area (Å²) in [6, 6.07) is 13.6. The number of carbonyl (C=O) groups is 1. The molecule has 3 rings (SSSR count). The van der Waals surface area contributed by atoms with Crippen LogP contribution in [0.2, 0.25) is 0 Å². The average Bonchev–Trinajstić information content (AvgIpc) is 3.09. The molecule has 0 saturated carbocycles. The van der Waals surface area contributed by atoms with Crippen molar-refractivity contribution in [1.29, 1.82) is 0 Å². The van der Waals surface area contributed by atoms with Gasteiger partial charge >= 0.3 is 11.7 Å². The molecule has 176 valence electrons. The van der Waals surface area contributed by atoms with Crippen LogP contribution in [0.5, 0.6) is 0 Å². The predicted molar refractivity (Wildman–Crippen MR) is 125 cm³/mol. The Labute approximate surface area is 192 Å². The number of carboxylic acids is 1. The van der Waals surface area contributed by atoms with Gasteiger partial charge in [0.2, 0.25) is 0 Å². The van der Waals surface area contributed by atoms with Gasteiger partial charge in [0.05, 0.1) is 12.1 Å². The fourth-order valence-corrected chi connectivity index (χ4v) is 4.13. The molecule has 3 aromatic rings. The minimum absolute atomic E-state index is 0.171. The molecule has 0 aliphatic heterocycles. The van der Waals surface area contributed by atoms with Crippen molar-refractivity contribution in [3.8, 4) is 11.1 Å². The first-order chi connectivity index (χ1) is 15.8. The van der Waals surface area contributed by atoms with E-state index in [9.17, 15) is 23.5 Å². The number of imidazole rings is 1. The van der Waals surface area contributed by atoms with Crippen LogP contribution < -0.4 is 5.69 Å². The highest BCUT2D eigenvalue weighted by atomic mass is 19.3. The summed E-state index contributed by atoms with van der Waals surface area (Å²) in [5.41, 5.74) is 2.14. The largest absolute Gasteiger partial charge is 0.478 e. The van der Waals surface area contributed by atoms with E-state index in [-0.39, 0.29) is 23.8 Å². The zero-order valence-electron chi connectivity index (χ0n) is 19.2. The van der Waals surface area contributed by atoms with Crippen molar-refractivity contribution < 1.29 is 18.7 Å². The molecule has 1 N–H and O–H groups in total. The Balaban J connectivity index is 2.03. The Morgan fingerprint density at radius 2 is 1.73 bits per heavy atom. The predicted octanol–water partition coefficient (Wildman–Crippen LogP) is 6.31. The van der Waals surface area contributed by atoms with Gasteiger partial charge in [0, 0.05) is 11.7 Å². The molecular weight excluding hydrogens is 426 g/mol. The number of unbranched alkanes of at least 4 members (excludes halogenated alkanes) is 1. The van der Waals surface area contributed by atoms with Crippen LogP contribution in [0.4, 0.5) is 8.78 Å². The van der Waals surface area contributed by atoms with Crippen LogP contribution in [0, 0.1) is 0 Å². The molecule has 0 radical (unpaired) electrons. The molecule has 1 heterocycles. The van der Waals surface area contributed by atoms with Crippen molar-refractivity contribution >= 4 is 5.97 Å². The summed E-state index contributed by atoms with van der Waals surface area (Å²) in [6.45, 7) is 5.84. The first-order valence-corrected chi connectivity index (χ1v) is 11.3. The summed E-state index contributed by atoms with van der Waals surface area (Å²) >= 11 is 0. The summed E-state index contributed by atoms with van der Waals surface area (Å²) in [5, 5.41) is 9.44. The van der Waals surface area contributed by atoms with Gasteiger partial charge in [-0.05, 0) is 48.9 Å². The number of nitrogens with zero attached hydrogens (tertiary/aromatic N) is 2. The minimum Gasteiger partial charge on any atom is -0.478 e. The van der Waals surface area contributed by atoms with Gasteiger partial charge in [-0.25, -0.2) is 18.4 Å². The maximum absolute atomic E-state index is 14.1. The number of rotatable bonds is 10. The van der Waals surface area contributed by atoms with Gasteiger partial charge < -0.3 is 5.11 Å². The van der Waals surface area contributed by atoms with Crippen molar-refractivity contribution in [3.05, 3.63) is 81.5 Å². The van der Waals surface area contributed by atoms with Crippen LogP contribution in [0.3, 0.4) is 0 Å². The number of aromatic nitrogens is 2. The quantitative estimate of drug-likeness (QED) is 0.389. The maximum Gasteiger partial charge on any atom is 0.336 e. The van der Waals surface area contributed by atoms with E-state index in [1.807, 2.05) is 26.0 Å². The molecule has 5 nitrogen and oxygen atoms in total. The Kier molecular flexibility index (Phi) is 7.84. The second kappa shape index (κ2) is 10.6. The first kappa shape index (κ1) is 24.4. The van der Waals surface area contributed by atoms with E-state index in [1.54, 1.807) is 43.3 Å². The van der Waals surface area contributed by atoms with Crippen LogP contribution >= 0.6 is 0 Å². The fourth-order valence-electron chi connectivity index (χ4n) is 4.13. The number of hydrogen-bond acceptors (Lipinski definition) is 2. The van der Waals surface area contributed by atoms with E-state index >= 15 is 0 Å². The van der Waals surface area contributed by atoms with Gasteiger partial charge in [-0.15, -0.1) is 0 Å². The second-order valence-electron chi connectivity index (χ2n) is 8.28. The Morgan fingerprint density at radius 3 is 2.30 bits per heavy atom. The van der Waals surface area contributed by atoms with Crippen LogP contribution in [0.15, 0.2) is 53.3 Å². The molecule has 0 bridgehead atoms. The molecule has 1 aromatic heterocycles. The van der Waals surface area contributed by atoms with Crippen molar-refractivity contribution in [3.63, 3.8) is 0 Å². The lowest BCUT2D eigenvalue weighted by atomic mass is 9.99. The molecule has 7 heteroatoms. The van der Waals surface area contributed by atoms with Crippen LogP contribution in [0.1, 0.15) is 79.8 Å². The highest BCUT2D eigenvalue weighted by Crippen LogP contribution is 2.29. The Hall–Kier alpha value is -3.22. The number of benzene rings is 2. The molecule has 0 amide bonds. The summed E-state index contributed by atoms with van der Waals surface area (Å²) in [4.78, 5) is 24.8. The lowest BCUT2D eigenvalue weighted by Gasteiger charge is -2.14. The smallest absolute Gasteiger partial charge is 0.336 e. The maximum atomic E-state index is 14.1. The molecule has 0 aliphatic rings. The van der Waals surface area contributed by atoms with E-state index in [4.69, 9.17) is 0 Å². The summed E-state index contributed by atoms with van der Waals surface area (Å²) in [6.07, 6.45) is -0.180. The topological polar surface area (TPSA) is 64.2 Å². The van der Waals surface area contributed by atoms with Crippen LogP contribution in [0.25, 0.3) is 11.1 Å². The van der Waals surface area contributed by atoms with Gasteiger partial charge in [-0.3, -0.25) is 9.13 Å². The third-order valence-corrected chi connectivity index (χ3v) is 6.09. The van der Waals surface area contributed by atoms with Crippen molar-refractivity contribution in [2.24, 2.45) is 0 Å². The molecule has 0 fully saturated rings. The van der Waals surface area contributed by atoms with E-state index in [1.165, 1.54) is 9.13 Å². The third-order valence-electron chi connectivity index (χ3n) is 6.09. The molecule has 0 saturated heterocycles. The molecule has 0 aliphatic carbocycles. The van der Waals surface area contributed by atoms with Crippen LogP contribution in [-0.2, 0) is 13.0 Å². The van der Waals surface area contributed by atoms with Gasteiger partial charge in [-0.2, -0.15) is 0 Å². The number of carboxylic acid groups (broad SMARTS) is 1. The van der Waals surface area contributed by atoms with Gasteiger partial charge in [0.15, 0.2) is 0 Å². The van der Waals surface area contributed by atoms with Gasteiger partial charge in [0.1, 0.15) is 5.69 Å². The average molecular weight is 457 g/mol. The summed E-state index contributed by atoms with van der Waals surface area (Å²) < 4.78 is 30.9. The third kappa shape index (κ3) is 5.07. The molecule has 1 unspecified atom stereocenters. The summed E-state index contributed by atoms with van der Waals surface area (Å²) in [7, 11) is 0. The van der Waals surface area contributed by atoms with E-state index in [0.29, 0.717) is 30.5 Å². The minimum atomic E-state index is -2.73. The zero-order chi connectivity index (χ0) is 24.1. The van der Waals surface area contributed by atoms with Crippen LogP contribution in [-0.4, -0.2) is 20.2 Å². The Bertz CT molecular complexity index is 1160. The lowest BCUT2D eigenvalue weighted by molar-refractivity contribution is 0.0697. The molecule has 33 heavy (non-hydrogen) atoms. The van der Waals surface area contributed by atoms with E-state index in [2.05, 4.69) is 0 Å². The Morgan fingerprint density at radius 1 is 1.06 bits per heavy atom. The number of alkyl halides is 2. The molecule has 1 atom stereocenters.